The summed E-state index contributed by atoms with van der Waals surface area (Å²) in [5, 5.41) is 2.29. The summed E-state index contributed by atoms with van der Waals surface area (Å²) in [5.41, 5.74) is 3.46. The highest BCUT2D eigenvalue weighted by atomic mass is 16.3. The largest absolute Gasteiger partial charge is 0.464 e. The average Bonchev–Trinajstić information content (AvgIpc) is 2.92. The average molecular weight is 249 g/mol. The molecule has 2 aliphatic rings. The summed E-state index contributed by atoms with van der Waals surface area (Å²) in [6.07, 6.45) is 1.29. The Morgan fingerprint density at radius 3 is 2.67 bits per heavy atom. The van der Waals surface area contributed by atoms with Crippen LogP contribution in [-0.4, -0.2) is 43.1 Å². The monoisotopic (exact) mass is 249 g/mol. The molecule has 4 nitrogen and oxygen atoms in total. The standard InChI is InChI=1S/C14H23N3O/c1-11-9-13(11)14-4-3-12(18-14)10-15-17-7-5-16(2)6-8-17/h3-4,11,13,15H,5-10H2,1-2H3. The van der Waals surface area contributed by atoms with Crippen LogP contribution in [0, 0.1) is 5.92 Å². The van der Waals surface area contributed by atoms with E-state index in [1.165, 1.54) is 12.2 Å². The molecule has 0 radical (unpaired) electrons. The zero-order valence-electron chi connectivity index (χ0n) is 11.4. The molecule has 4 heteroatoms. The van der Waals surface area contributed by atoms with Crippen molar-refractivity contribution in [1.29, 1.82) is 0 Å². The lowest BCUT2D eigenvalue weighted by molar-refractivity contribution is 0.0989. The molecule has 0 aromatic carbocycles. The Morgan fingerprint density at radius 1 is 1.28 bits per heavy atom. The maximum absolute atomic E-state index is 5.89. The van der Waals surface area contributed by atoms with E-state index in [0.717, 1.165) is 44.4 Å². The van der Waals surface area contributed by atoms with Crippen LogP contribution >= 0.6 is 0 Å². The Bertz CT molecular complexity index is 395. The van der Waals surface area contributed by atoms with Crippen LogP contribution in [0.4, 0.5) is 0 Å². The van der Waals surface area contributed by atoms with E-state index in [4.69, 9.17) is 4.42 Å². The quantitative estimate of drug-likeness (QED) is 0.879. The molecule has 0 bridgehead atoms. The second-order valence-corrected chi connectivity index (χ2v) is 5.75. The van der Waals surface area contributed by atoms with Gasteiger partial charge in [-0.05, 0) is 31.5 Å². The summed E-state index contributed by atoms with van der Waals surface area (Å²) in [6.45, 7) is 7.54. The predicted octanol–water partition coefficient (Wildman–Crippen LogP) is 1.66. The number of nitrogens with one attached hydrogen (secondary N) is 1. The third-order valence-electron chi connectivity index (χ3n) is 4.14. The molecule has 1 saturated heterocycles. The highest BCUT2D eigenvalue weighted by molar-refractivity contribution is 5.17. The van der Waals surface area contributed by atoms with Gasteiger partial charge in [-0.15, -0.1) is 0 Å². The molecule has 1 aliphatic heterocycles. The van der Waals surface area contributed by atoms with Gasteiger partial charge in [0.15, 0.2) is 0 Å². The Balaban J connectivity index is 1.46. The normalized spacial score (nSPS) is 29.7. The fourth-order valence-electron chi connectivity index (χ4n) is 2.56. The molecule has 1 aromatic rings. The zero-order valence-corrected chi connectivity index (χ0v) is 11.4. The number of hydrogen-bond donors (Lipinski definition) is 1. The van der Waals surface area contributed by atoms with Gasteiger partial charge in [-0.1, -0.05) is 6.92 Å². The number of hydrogen-bond acceptors (Lipinski definition) is 4. The molecular formula is C14H23N3O. The van der Waals surface area contributed by atoms with Crippen molar-refractivity contribution in [2.24, 2.45) is 5.92 Å². The fraction of sp³-hybridized carbons (Fsp3) is 0.714. The molecule has 0 spiro atoms. The molecule has 0 amide bonds. The lowest BCUT2D eigenvalue weighted by atomic mass is 10.3. The minimum atomic E-state index is 0.683. The van der Waals surface area contributed by atoms with Crippen molar-refractivity contribution in [1.82, 2.24) is 15.3 Å². The van der Waals surface area contributed by atoms with Crippen molar-refractivity contribution < 1.29 is 4.42 Å². The van der Waals surface area contributed by atoms with Crippen molar-refractivity contribution in [3.05, 3.63) is 23.7 Å². The van der Waals surface area contributed by atoms with Crippen molar-refractivity contribution in [3.8, 4) is 0 Å². The molecule has 1 saturated carbocycles. The van der Waals surface area contributed by atoms with E-state index in [1.54, 1.807) is 0 Å². The first-order valence-corrected chi connectivity index (χ1v) is 6.98. The summed E-state index contributed by atoms with van der Waals surface area (Å²) in [7, 11) is 2.17. The lowest BCUT2D eigenvalue weighted by Gasteiger charge is -2.32. The Labute approximate surface area is 109 Å². The topological polar surface area (TPSA) is 31.6 Å². The van der Waals surface area contributed by atoms with Gasteiger partial charge < -0.3 is 9.32 Å². The van der Waals surface area contributed by atoms with Gasteiger partial charge in [-0.3, -0.25) is 0 Å². The lowest BCUT2D eigenvalue weighted by Crippen LogP contribution is -2.50. The summed E-state index contributed by atoms with van der Waals surface area (Å²) >= 11 is 0. The molecule has 2 atom stereocenters. The van der Waals surface area contributed by atoms with Crippen molar-refractivity contribution in [3.63, 3.8) is 0 Å². The predicted molar refractivity (Wildman–Crippen MR) is 71.1 cm³/mol. The van der Waals surface area contributed by atoms with Crippen LogP contribution in [0.1, 0.15) is 30.8 Å². The van der Waals surface area contributed by atoms with Gasteiger partial charge in [0.1, 0.15) is 11.5 Å². The van der Waals surface area contributed by atoms with Gasteiger partial charge in [0.05, 0.1) is 6.54 Å². The summed E-state index contributed by atoms with van der Waals surface area (Å²) in [4.78, 5) is 2.36. The van der Waals surface area contributed by atoms with Crippen LogP contribution in [0.2, 0.25) is 0 Å². The van der Waals surface area contributed by atoms with E-state index >= 15 is 0 Å². The highest BCUT2D eigenvalue weighted by Gasteiger charge is 2.36. The second kappa shape index (κ2) is 5.03. The molecule has 1 aromatic heterocycles. The van der Waals surface area contributed by atoms with Crippen molar-refractivity contribution in [2.45, 2.75) is 25.8 Å². The zero-order chi connectivity index (χ0) is 12.5. The van der Waals surface area contributed by atoms with Gasteiger partial charge in [-0.25, -0.2) is 10.4 Å². The van der Waals surface area contributed by atoms with Gasteiger partial charge in [0.2, 0.25) is 0 Å². The first kappa shape index (κ1) is 12.2. The van der Waals surface area contributed by atoms with Gasteiger partial charge in [0, 0.05) is 32.1 Å². The minimum Gasteiger partial charge on any atom is -0.464 e. The molecule has 2 unspecified atom stereocenters. The summed E-state index contributed by atoms with van der Waals surface area (Å²) < 4.78 is 5.89. The number of piperazine rings is 1. The highest BCUT2D eigenvalue weighted by Crippen LogP contribution is 2.47. The van der Waals surface area contributed by atoms with Crippen LogP contribution < -0.4 is 5.43 Å². The summed E-state index contributed by atoms with van der Waals surface area (Å²) in [6, 6.07) is 4.26. The van der Waals surface area contributed by atoms with Gasteiger partial charge >= 0.3 is 0 Å². The molecule has 3 rings (SSSR count). The van der Waals surface area contributed by atoms with Crippen molar-refractivity contribution >= 4 is 0 Å². The maximum atomic E-state index is 5.89. The molecule has 1 aliphatic carbocycles. The van der Waals surface area contributed by atoms with E-state index in [0.29, 0.717) is 5.92 Å². The number of furan rings is 1. The smallest absolute Gasteiger partial charge is 0.119 e. The van der Waals surface area contributed by atoms with Gasteiger partial charge in [-0.2, -0.15) is 0 Å². The molecule has 1 N–H and O–H groups in total. The van der Waals surface area contributed by atoms with Crippen LogP contribution in [0.15, 0.2) is 16.5 Å². The first-order chi connectivity index (χ1) is 8.72. The fourth-order valence-corrected chi connectivity index (χ4v) is 2.56. The molecule has 2 heterocycles. The van der Waals surface area contributed by atoms with Crippen LogP contribution in [-0.2, 0) is 6.54 Å². The molecule has 18 heavy (non-hydrogen) atoms. The molecular weight excluding hydrogens is 226 g/mol. The number of nitrogens with zero attached hydrogens (tertiary/aromatic N) is 2. The van der Waals surface area contributed by atoms with Gasteiger partial charge in [0.25, 0.3) is 0 Å². The Kier molecular flexibility index (Phi) is 3.41. The van der Waals surface area contributed by atoms with E-state index in [2.05, 4.69) is 41.4 Å². The van der Waals surface area contributed by atoms with Crippen molar-refractivity contribution in [2.75, 3.05) is 33.2 Å². The Morgan fingerprint density at radius 2 is 2.00 bits per heavy atom. The third kappa shape index (κ3) is 2.76. The number of rotatable bonds is 4. The van der Waals surface area contributed by atoms with E-state index < -0.39 is 0 Å². The van der Waals surface area contributed by atoms with Crippen LogP contribution in [0.3, 0.4) is 0 Å². The summed E-state index contributed by atoms with van der Waals surface area (Å²) in [5.74, 6) is 3.73. The molecule has 100 valence electrons. The van der Waals surface area contributed by atoms with Crippen LogP contribution in [0.5, 0.6) is 0 Å². The minimum absolute atomic E-state index is 0.683. The van der Waals surface area contributed by atoms with E-state index in [9.17, 15) is 0 Å². The number of likely N-dealkylation sites (N-methyl/N-ethyl adjacent to an activating group) is 1. The first-order valence-electron chi connectivity index (χ1n) is 6.98. The van der Waals surface area contributed by atoms with E-state index in [-0.39, 0.29) is 0 Å². The second-order valence-electron chi connectivity index (χ2n) is 5.75. The molecule has 2 fully saturated rings. The maximum Gasteiger partial charge on any atom is 0.119 e. The third-order valence-corrected chi connectivity index (χ3v) is 4.14. The van der Waals surface area contributed by atoms with E-state index in [1.807, 2.05) is 0 Å². The SMILES string of the molecule is CC1CC1c1ccc(CNN2CCN(C)CC2)o1. The Hall–Kier alpha value is -0.840. The van der Waals surface area contributed by atoms with Crippen LogP contribution in [0.25, 0.3) is 0 Å². The number of hydrazine groups is 1.